The number of benzene rings is 2. The molecule has 0 aromatic heterocycles. The Bertz CT molecular complexity index is 791. The van der Waals surface area contributed by atoms with E-state index in [4.69, 9.17) is 0 Å². The second-order valence-corrected chi connectivity index (χ2v) is 7.16. The Morgan fingerprint density at radius 1 is 0.962 bits per heavy atom. The maximum atomic E-state index is 12.8. The summed E-state index contributed by atoms with van der Waals surface area (Å²) in [5.74, 6) is 0.814. The Labute approximate surface area is 154 Å². The molecule has 1 aliphatic heterocycles. The van der Waals surface area contributed by atoms with Crippen LogP contribution in [0.25, 0.3) is 0 Å². The fourth-order valence-corrected chi connectivity index (χ4v) is 3.97. The third-order valence-electron chi connectivity index (χ3n) is 5.56. The van der Waals surface area contributed by atoms with Crippen LogP contribution >= 0.6 is 0 Å². The van der Waals surface area contributed by atoms with Crippen LogP contribution in [0.15, 0.2) is 60.7 Å². The number of nitriles is 1. The second-order valence-electron chi connectivity index (χ2n) is 7.16. The average Bonchev–Trinajstić information content (AvgIpc) is 3.51. The van der Waals surface area contributed by atoms with Crippen molar-refractivity contribution in [3.05, 3.63) is 71.8 Å². The van der Waals surface area contributed by atoms with Crippen LogP contribution in [-0.4, -0.2) is 41.9 Å². The first kappa shape index (κ1) is 16.8. The third kappa shape index (κ3) is 3.36. The molecule has 1 aliphatic carbocycles. The summed E-state index contributed by atoms with van der Waals surface area (Å²) in [5.41, 5.74) is 2.30. The van der Waals surface area contributed by atoms with Crippen molar-refractivity contribution < 1.29 is 4.79 Å². The summed E-state index contributed by atoms with van der Waals surface area (Å²) in [4.78, 5) is 17.0. The fourth-order valence-electron chi connectivity index (χ4n) is 3.97. The largest absolute Gasteiger partial charge is 0.340 e. The minimum Gasteiger partial charge on any atom is -0.340 e. The van der Waals surface area contributed by atoms with E-state index in [1.165, 1.54) is 5.56 Å². The normalized spacial score (nSPS) is 23.9. The van der Waals surface area contributed by atoms with Gasteiger partial charge in [-0.2, -0.15) is 5.26 Å². The van der Waals surface area contributed by atoms with Crippen molar-refractivity contribution in [3.63, 3.8) is 0 Å². The zero-order chi connectivity index (χ0) is 17.9. The van der Waals surface area contributed by atoms with Crippen LogP contribution in [0, 0.1) is 17.2 Å². The van der Waals surface area contributed by atoms with Gasteiger partial charge in [0.1, 0.15) is 6.04 Å². The van der Waals surface area contributed by atoms with Crippen molar-refractivity contribution in [1.29, 1.82) is 5.26 Å². The lowest BCUT2D eigenvalue weighted by Crippen LogP contribution is -2.50. The number of amides is 1. The maximum absolute atomic E-state index is 12.8. The summed E-state index contributed by atoms with van der Waals surface area (Å²) in [7, 11) is 0. The topological polar surface area (TPSA) is 47.3 Å². The highest BCUT2D eigenvalue weighted by Crippen LogP contribution is 2.48. The molecule has 0 N–H and O–H groups in total. The van der Waals surface area contributed by atoms with Gasteiger partial charge in [0.2, 0.25) is 5.91 Å². The number of nitrogens with zero attached hydrogens (tertiary/aromatic N) is 3. The maximum Gasteiger partial charge on any atom is 0.226 e. The monoisotopic (exact) mass is 345 g/mol. The number of hydrogen-bond donors (Lipinski definition) is 0. The van der Waals surface area contributed by atoms with Crippen molar-refractivity contribution in [1.82, 2.24) is 9.80 Å². The Hall–Kier alpha value is -2.64. The number of carbonyl (C=O) groups excluding carboxylic acids is 1. The van der Waals surface area contributed by atoms with Crippen LogP contribution in [0.1, 0.15) is 29.5 Å². The first-order chi connectivity index (χ1) is 12.8. The predicted molar refractivity (Wildman–Crippen MR) is 100 cm³/mol. The first-order valence-electron chi connectivity index (χ1n) is 9.30. The molecule has 26 heavy (non-hydrogen) atoms. The molecule has 0 spiro atoms. The SMILES string of the molecule is N#C[C@H](c1ccccc1)N1CCN(C(=O)[C@H]2C[C@@H]2c2ccccc2)CC1. The highest BCUT2D eigenvalue weighted by atomic mass is 16.2. The minimum atomic E-state index is -0.230. The van der Waals surface area contributed by atoms with Crippen LogP contribution in [-0.2, 0) is 4.79 Å². The molecule has 4 rings (SSSR count). The van der Waals surface area contributed by atoms with Crippen LogP contribution in [0.4, 0.5) is 0 Å². The van der Waals surface area contributed by atoms with Crippen LogP contribution in [0.5, 0.6) is 0 Å². The molecule has 1 heterocycles. The van der Waals surface area contributed by atoms with E-state index in [1.807, 2.05) is 53.4 Å². The highest BCUT2D eigenvalue weighted by Gasteiger charge is 2.46. The molecule has 0 unspecified atom stereocenters. The first-order valence-corrected chi connectivity index (χ1v) is 9.30. The van der Waals surface area contributed by atoms with E-state index in [0.29, 0.717) is 19.0 Å². The number of carbonyl (C=O) groups is 1. The lowest BCUT2D eigenvalue weighted by molar-refractivity contribution is -0.134. The molecule has 4 heteroatoms. The van der Waals surface area contributed by atoms with Gasteiger partial charge in [-0.1, -0.05) is 60.7 Å². The molecule has 2 aromatic carbocycles. The Morgan fingerprint density at radius 3 is 2.19 bits per heavy atom. The van der Waals surface area contributed by atoms with Crippen molar-refractivity contribution in [2.45, 2.75) is 18.4 Å². The molecule has 2 aromatic rings. The van der Waals surface area contributed by atoms with E-state index in [-0.39, 0.29) is 17.9 Å². The predicted octanol–water partition coefficient (Wildman–Crippen LogP) is 3.20. The molecule has 1 saturated carbocycles. The van der Waals surface area contributed by atoms with Gasteiger partial charge in [-0.3, -0.25) is 9.69 Å². The van der Waals surface area contributed by atoms with Crippen molar-refractivity contribution in [2.75, 3.05) is 26.2 Å². The summed E-state index contributed by atoms with van der Waals surface area (Å²) in [6, 6.07) is 22.4. The summed E-state index contributed by atoms with van der Waals surface area (Å²) in [6.45, 7) is 2.92. The van der Waals surface area contributed by atoms with Crippen LogP contribution < -0.4 is 0 Å². The molecule has 1 saturated heterocycles. The van der Waals surface area contributed by atoms with Crippen LogP contribution in [0.2, 0.25) is 0 Å². The Morgan fingerprint density at radius 2 is 1.58 bits per heavy atom. The lowest BCUT2D eigenvalue weighted by Gasteiger charge is -2.37. The van der Waals surface area contributed by atoms with Gasteiger partial charge in [0, 0.05) is 32.1 Å². The highest BCUT2D eigenvalue weighted by molar-refractivity contribution is 5.83. The van der Waals surface area contributed by atoms with Gasteiger partial charge in [-0.15, -0.1) is 0 Å². The zero-order valence-corrected chi connectivity index (χ0v) is 14.8. The minimum absolute atomic E-state index is 0.143. The molecule has 2 fully saturated rings. The Kier molecular flexibility index (Phi) is 4.73. The molecule has 3 atom stereocenters. The lowest BCUT2D eigenvalue weighted by atomic mass is 10.1. The van der Waals surface area contributed by atoms with E-state index in [0.717, 1.165) is 25.1 Å². The van der Waals surface area contributed by atoms with Crippen molar-refractivity contribution in [2.24, 2.45) is 5.92 Å². The summed E-state index contributed by atoms with van der Waals surface area (Å²) in [5, 5.41) is 9.59. The van der Waals surface area contributed by atoms with Gasteiger partial charge in [0.25, 0.3) is 0 Å². The number of hydrogen-bond acceptors (Lipinski definition) is 3. The summed E-state index contributed by atoms with van der Waals surface area (Å²) < 4.78 is 0. The average molecular weight is 345 g/mol. The zero-order valence-electron chi connectivity index (χ0n) is 14.8. The van der Waals surface area contributed by atoms with Gasteiger partial charge in [-0.05, 0) is 23.5 Å². The van der Waals surface area contributed by atoms with Crippen LogP contribution in [0.3, 0.4) is 0 Å². The van der Waals surface area contributed by atoms with Crippen molar-refractivity contribution >= 4 is 5.91 Å². The Balaban J connectivity index is 1.34. The van der Waals surface area contributed by atoms with E-state index >= 15 is 0 Å². The second kappa shape index (κ2) is 7.31. The fraction of sp³-hybridized carbons (Fsp3) is 0.364. The van der Waals surface area contributed by atoms with Gasteiger partial charge in [-0.25, -0.2) is 0 Å². The molecule has 0 bridgehead atoms. The molecular weight excluding hydrogens is 322 g/mol. The molecular formula is C22H23N3O. The quantitative estimate of drug-likeness (QED) is 0.855. The standard InChI is InChI=1S/C22H23N3O/c23-16-21(18-9-5-2-6-10-18)24-11-13-25(14-12-24)22(26)20-15-19(20)17-7-3-1-4-8-17/h1-10,19-21H,11-15H2/t19-,20+,21-/m1/s1. The number of rotatable bonds is 4. The molecule has 0 radical (unpaired) electrons. The van der Waals surface area contributed by atoms with Crippen molar-refractivity contribution in [3.8, 4) is 6.07 Å². The third-order valence-corrected chi connectivity index (χ3v) is 5.56. The smallest absolute Gasteiger partial charge is 0.226 e. The molecule has 1 amide bonds. The van der Waals surface area contributed by atoms with Gasteiger partial charge >= 0.3 is 0 Å². The summed E-state index contributed by atoms with van der Waals surface area (Å²) >= 11 is 0. The molecule has 132 valence electrons. The molecule has 4 nitrogen and oxygen atoms in total. The van der Waals surface area contributed by atoms with Gasteiger partial charge in [0.15, 0.2) is 0 Å². The van der Waals surface area contributed by atoms with Gasteiger partial charge < -0.3 is 4.90 Å². The van der Waals surface area contributed by atoms with E-state index in [1.54, 1.807) is 0 Å². The summed E-state index contributed by atoms with van der Waals surface area (Å²) in [6.07, 6.45) is 0.966. The molecule has 2 aliphatic rings. The number of piperazine rings is 1. The van der Waals surface area contributed by atoms with E-state index in [2.05, 4.69) is 23.1 Å². The van der Waals surface area contributed by atoms with Gasteiger partial charge in [0.05, 0.1) is 6.07 Å². The van der Waals surface area contributed by atoms with E-state index < -0.39 is 0 Å². The van der Waals surface area contributed by atoms with E-state index in [9.17, 15) is 10.1 Å².